The highest BCUT2D eigenvalue weighted by molar-refractivity contribution is 5.81. The van der Waals surface area contributed by atoms with Crippen LogP contribution < -0.4 is 5.73 Å². The van der Waals surface area contributed by atoms with Gasteiger partial charge < -0.3 is 25.3 Å². The Bertz CT molecular complexity index is 587. The lowest BCUT2D eigenvalue weighted by atomic mass is 10.1. The Morgan fingerprint density at radius 2 is 2.26 bits per heavy atom. The molecule has 1 aliphatic rings. The van der Waals surface area contributed by atoms with Crippen molar-refractivity contribution in [1.82, 2.24) is 19.5 Å². The van der Waals surface area contributed by atoms with Crippen LogP contribution in [-0.4, -0.2) is 54.7 Å². The topological polar surface area (TPSA) is 119 Å². The van der Waals surface area contributed by atoms with Gasteiger partial charge in [0.15, 0.2) is 11.5 Å². The fraction of sp³-hybridized carbons (Fsp3) is 0.545. The van der Waals surface area contributed by atoms with Gasteiger partial charge in [-0.15, -0.1) is 0 Å². The largest absolute Gasteiger partial charge is 0.394 e. The first-order valence-electron chi connectivity index (χ1n) is 6.04. The number of anilines is 1. The van der Waals surface area contributed by atoms with E-state index in [4.69, 9.17) is 15.6 Å². The third kappa shape index (κ3) is 2.14. The Kier molecular flexibility index (Phi) is 3.05. The van der Waals surface area contributed by atoms with E-state index in [1.165, 1.54) is 6.33 Å². The summed E-state index contributed by atoms with van der Waals surface area (Å²) < 4.78 is 7.36. The summed E-state index contributed by atoms with van der Waals surface area (Å²) in [5.74, 6) is 0.337. The number of hydrogen-bond acceptors (Lipinski definition) is 7. The molecule has 8 heteroatoms. The summed E-state index contributed by atoms with van der Waals surface area (Å²) in [4.78, 5) is 12.2. The minimum absolute atomic E-state index is 0.180. The molecule has 1 saturated heterocycles. The second-order valence-corrected chi connectivity index (χ2v) is 4.61. The molecule has 0 spiro atoms. The van der Waals surface area contributed by atoms with Gasteiger partial charge in [-0.25, -0.2) is 15.0 Å². The summed E-state index contributed by atoms with van der Waals surface area (Å²) in [6.07, 6.45) is 2.16. The highest BCUT2D eigenvalue weighted by Crippen LogP contribution is 2.23. The van der Waals surface area contributed by atoms with Crippen molar-refractivity contribution in [2.45, 2.75) is 31.3 Å². The van der Waals surface area contributed by atoms with Gasteiger partial charge in [0.05, 0.1) is 31.7 Å². The van der Waals surface area contributed by atoms with Gasteiger partial charge in [0.25, 0.3) is 0 Å². The number of nitrogen functional groups attached to an aromatic ring is 1. The van der Waals surface area contributed by atoms with Gasteiger partial charge in [-0.05, 0) is 0 Å². The first kappa shape index (κ1) is 12.3. The molecule has 2 aromatic heterocycles. The Hall–Kier alpha value is -1.77. The van der Waals surface area contributed by atoms with Crippen LogP contribution in [0.25, 0.3) is 11.2 Å². The zero-order valence-electron chi connectivity index (χ0n) is 10.2. The molecular weight excluding hydrogens is 250 g/mol. The molecule has 3 heterocycles. The number of nitrogens with two attached hydrogens (primary N) is 1. The summed E-state index contributed by atoms with van der Waals surface area (Å²) in [6, 6.07) is 0. The normalized spacial score (nSPS) is 27.2. The average Bonchev–Trinajstić information content (AvgIpc) is 2.95. The fourth-order valence-electron chi connectivity index (χ4n) is 2.35. The van der Waals surface area contributed by atoms with Gasteiger partial charge in [-0.2, -0.15) is 0 Å². The molecule has 0 bridgehead atoms. The molecule has 0 unspecified atom stereocenters. The molecule has 3 atom stereocenters. The van der Waals surface area contributed by atoms with E-state index in [9.17, 15) is 5.11 Å². The number of imidazole rings is 1. The van der Waals surface area contributed by atoms with E-state index in [1.807, 2.05) is 4.57 Å². The molecule has 1 fully saturated rings. The van der Waals surface area contributed by atoms with Crippen LogP contribution in [0, 0.1) is 0 Å². The van der Waals surface area contributed by atoms with E-state index in [2.05, 4.69) is 15.0 Å². The SMILES string of the molecule is Nc1ncnc2c1ncn2C[C@H]1C[C@H](O)[C@@H](CO)O1. The Morgan fingerprint density at radius 1 is 1.42 bits per heavy atom. The molecule has 2 aromatic rings. The summed E-state index contributed by atoms with van der Waals surface area (Å²) in [6.45, 7) is 0.317. The van der Waals surface area contributed by atoms with Crippen LogP contribution in [0.2, 0.25) is 0 Å². The van der Waals surface area contributed by atoms with Crippen LogP contribution >= 0.6 is 0 Å². The lowest BCUT2D eigenvalue weighted by molar-refractivity contribution is -0.0255. The van der Waals surface area contributed by atoms with Gasteiger partial charge >= 0.3 is 0 Å². The molecule has 0 aliphatic carbocycles. The quantitative estimate of drug-likeness (QED) is 0.645. The second-order valence-electron chi connectivity index (χ2n) is 4.61. The van der Waals surface area contributed by atoms with Crippen molar-refractivity contribution in [3.05, 3.63) is 12.7 Å². The van der Waals surface area contributed by atoms with Crippen LogP contribution in [0.1, 0.15) is 6.42 Å². The van der Waals surface area contributed by atoms with E-state index in [-0.39, 0.29) is 12.7 Å². The zero-order valence-corrected chi connectivity index (χ0v) is 10.2. The third-order valence-electron chi connectivity index (χ3n) is 3.31. The van der Waals surface area contributed by atoms with Gasteiger partial charge in [0.1, 0.15) is 17.9 Å². The molecule has 0 amide bonds. The van der Waals surface area contributed by atoms with Crippen molar-refractivity contribution >= 4 is 17.0 Å². The molecule has 3 rings (SSSR count). The first-order valence-corrected chi connectivity index (χ1v) is 6.04. The molecule has 4 N–H and O–H groups in total. The van der Waals surface area contributed by atoms with E-state index in [1.54, 1.807) is 6.33 Å². The fourth-order valence-corrected chi connectivity index (χ4v) is 2.35. The molecule has 1 aliphatic heterocycles. The third-order valence-corrected chi connectivity index (χ3v) is 3.31. The van der Waals surface area contributed by atoms with E-state index < -0.39 is 12.2 Å². The van der Waals surface area contributed by atoms with Gasteiger partial charge in [0.2, 0.25) is 0 Å². The Balaban J connectivity index is 1.81. The van der Waals surface area contributed by atoms with Crippen LogP contribution in [0.4, 0.5) is 5.82 Å². The molecule has 0 radical (unpaired) electrons. The molecule has 102 valence electrons. The molecule has 8 nitrogen and oxygen atoms in total. The van der Waals surface area contributed by atoms with Crippen LogP contribution in [-0.2, 0) is 11.3 Å². The van der Waals surface area contributed by atoms with Crippen LogP contribution in [0.5, 0.6) is 0 Å². The maximum atomic E-state index is 9.69. The van der Waals surface area contributed by atoms with Crippen LogP contribution in [0.15, 0.2) is 12.7 Å². The van der Waals surface area contributed by atoms with Gasteiger partial charge in [-0.1, -0.05) is 0 Å². The number of nitrogens with zero attached hydrogens (tertiary/aromatic N) is 4. The predicted octanol–water partition coefficient (Wildman–Crippen LogP) is -1.08. The summed E-state index contributed by atoms with van der Waals surface area (Å²) in [5.41, 5.74) is 6.90. The highest BCUT2D eigenvalue weighted by atomic mass is 16.5. The lowest BCUT2D eigenvalue weighted by Crippen LogP contribution is -2.24. The van der Waals surface area contributed by atoms with Gasteiger partial charge in [-0.3, -0.25) is 0 Å². The van der Waals surface area contributed by atoms with Crippen LogP contribution in [0.3, 0.4) is 0 Å². The van der Waals surface area contributed by atoms with Crippen molar-refractivity contribution in [2.75, 3.05) is 12.3 Å². The van der Waals surface area contributed by atoms with Crippen molar-refractivity contribution in [2.24, 2.45) is 0 Å². The lowest BCUT2D eigenvalue weighted by Gasteiger charge is -2.12. The number of ether oxygens (including phenoxy) is 1. The smallest absolute Gasteiger partial charge is 0.165 e. The molecule has 0 saturated carbocycles. The number of rotatable bonds is 3. The Labute approximate surface area is 108 Å². The minimum atomic E-state index is -0.635. The summed E-state index contributed by atoms with van der Waals surface area (Å²) in [7, 11) is 0. The number of fused-ring (bicyclic) bond motifs is 1. The number of aliphatic hydroxyl groups excluding tert-OH is 2. The maximum absolute atomic E-state index is 9.69. The second kappa shape index (κ2) is 4.72. The maximum Gasteiger partial charge on any atom is 0.165 e. The monoisotopic (exact) mass is 265 g/mol. The number of hydrogen-bond donors (Lipinski definition) is 3. The zero-order chi connectivity index (χ0) is 13.4. The van der Waals surface area contributed by atoms with E-state index >= 15 is 0 Å². The summed E-state index contributed by atoms with van der Waals surface area (Å²) >= 11 is 0. The standard InChI is InChI=1S/C11H15N5O3/c12-10-9-11(14-4-13-10)16(5-15-9)2-6-1-7(18)8(3-17)19-6/h4-8,17-18H,1-3H2,(H2,12,13,14)/t6-,7+,8-/m1/s1. The predicted molar refractivity (Wildman–Crippen MR) is 66.1 cm³/mol. The minimum Gasteiger partial charge on any atom is -0.394 e. The molecule has 19 heavy (non-hydrogen) atoms. The summed E-state index contributed by atoms with van der Waals surface area (Å²) in [5, 5.41) is 18.7. The van der Waals surface area contributed by atoms with Crippen molar-refractivity contribution < 1.29 is 14.9 Å². The highest BCUT2D eigenvalue weighted by Gasteiger charge is 2.33. The first-order chi connectivity index (χ1) is 9.19. The number of aromatic nitrogens is 4. The molecule has 0 aromatic carbocycles. The average molecular weight is 265 g/mol. The van der Waals surface area contributed by atoms with E-state index in [0.717, 1.165) is 0 Å². The van der Waals surface area contributed by atoms with E-state index in [0.29, 0.717) is 29.9 Å². The molecular formula is C11H15N5O3. The van der Waals surface area contributed by atoms with Gasteiger partial charge in [0, 0.05) is 6.42 Å². The number of aliphatic hydroxyl groups is 2. The van der Waals surface area contributed by atoms with Crippen molar-refractivity contribution in [3.63, 3.8) is 0 Å². The van der Waals surface area contributed by atoms with Crippen molar-refractivity contribution in [3.8, 4) is 0 Å². The Morgan fingerprint density at radius 3 is 3.00 bits per heavy atom. The van der Waals surface area contributed by atoms with Crippen molar-refractivity contribution in [1.29, 1.82) is 0 Å².